The van der Waals surface area contributed by atoms with Gasteiger partial charge in [-0.25, -0.2) is 9.78 Å². The summed E-state index contributed by atoms with van der Waals surface area (Å²) in [6, 6.07) is 13.9. The maximum atomic E-state index is 11.9. The number of hydrogen-bond acceptors (Lipinski definition) is 6. The van der Waals surface area contributed by atoms with Gasteiger partial charge in [-0.2, -0.15) is 0 Å². The van der Waals surface area contributed by atoms with Crippen molar-refractivity contribution in [3.05, 3.63) is 58.6 Å². The molecule has 0 amide bonds. The van der Waals surface area contributed by atoms with Crippen molar-refractivity contribution in [2.45, 2.75) is 38.2 Å². The molecule has 0 saturated heterocycles. The number of methoxy groups -OCH3 is 1. The molecule has 152 valence electrons. The number of esters is 1. The van der Waals surface area contributed by atoms with Crippen molar-refractivity contribution in [1.29, 1.82) is 0 Å². The zero-order chi connectivity index (χ0) is 20.2. The highest BCUT2D eigenvalue weighted by Crippen LogP contribution is 2.39. The normalized spacial score (nSPS) is 19.3. The first-order valence-electron chi connectivity index (χ1n) is 10.0. The van der Waals surface area contributed by atoms with Crippen molar-refractivity contribution in [3.8, 4) is 0 Å². The minimum absolute atomic E-state index is 0.385. The van der Waals surface area contributed by atoms with Gasteiger partial charge in [0.1, 0.15) is 0 Å². The molecule has 29 heavy (non-hydrogen) atoms. The van der Waals surface area contributed by atoms with Crippen LogP contribution in [0.4, 0.5) is 5.69 Å². The van der Waals surface area contributed by atoms with Gasteiger partial charge in [0.05, 0.1) is 34.5 Å². The Balaban J connectivity index is 1.34. The van der Waals surface area contributed by atoms with Gasteiger partial charge in [0.15, 0.2) is 0 Å². The van der Waals surface area contributed by atoms with Crippen LogP contribution in [0.15, 0.2) is 42.5 Å². The van der Waals surface area contributed by atoms with Gasteiger partial charge >= 0.3 is 5.97 Å². The molecule has 0 radical (unpaired) electrons. The fraction of sp³-hybridized carbons (Fsp3) is 0.391. The third-order valence-corrected chi connectivity index (χ3v) is 6.82. The molecule has 1 aliphatic carbocycles. The van der Waals surface area contributed by atoms with Crippen LogP contribution in [0.2, 0.25) is 0 Å². The second-order valence-corrected chi connectivity index (χ2v) is 8.73. The van der Waals surface area contributed by atoms with Crippen LogP contribution in [0.1, 0.15) is 52.5 Å². The fourth-order valence-electron chi connectivity index (χ4n) is 3.96. The largest absolute Gasteiger partial charge is 0.465 e. The average Bonchev–Trinajstić information content (AvgIpc) is 3.16. The second kappa shape index (κ2) is 8.93. The van der Waals surface area contributed by atoms with E-state index in [4.69, 9.17) is 20.2 Å². The number of nitrogens with two attached hydrogens (primary N) is 1. The van der Waals surface area contributed by atoms with Crippen LogP contribution >= 0.6 is 11.3 Å². The molecule has 5 nitrogen and oxygen atoms in total. The van der Waals surface area contributed by atoms with E-state index >= 15 is 0 Å². The van der Waals surface area contributed by atoms with Crippen LogP contribution in [0, 0.1) is 5.92 Å². The molecule has 0 atom stereocenters. The summed E-state index contributed by atoms with van der Waals surface area (Å²) in [6.07, 6.45) is 4.56. The lowest BCUT2D eigenvalue weighted by Crippen LogP contribution is -2.17. The predicted octanol–water partition coefficient (Wildman–Crippen LogP) is 5.16. The Labute approximate surface area is 174 Å². The third-order valence-electron chi connectivity index (χ3n) is 5.64. The summed E-state index contributed by atoms with van der Waals surface area (Å²) in [7, 11) is 1.36. The molecule has 0 spiro atoms. The number of rotatable bonds is 6. The Kier molecular flexibility index (Phi) is 6.11. The SMILES string of the molecule is COC(=O)c1cc2nc([C@H]3CC[C@H](COCc4ccccc4)CC3)sc2cc1N. The number of ether oxygens (including phenoxy) is 2. The first-order chi connectivity index (χ1) is 14.1. The number of fused-ring (bicyclic) bond motifs is 1. The number of nitrogens with zero attached hydrogens (tertiary/aromatic N) is 1. The zero-order valence-corrected chi connectivity index (χ0v) is 17.4. The summed E-state index contributed by atoms with van der Waals surface area (Å²) in [4.78, 5) is 16.7. The molecular formula is C23H26N2O3S. The topological polar surface area (TPSA) is 74.4 Å². The molecule has 3 aromatic rings. The van der Waals surface area contributed by atoms with E-state index < -0.39 is 5.97 Å². The Morgan fingerprint density at radius 1 is 1.17 bits per heavy atom. The van der Waals surface area contributed by atoms with Gasteiger partial charge in [-0.3, -0.25) is 0 Å². The van der Waals surface area contributed by atoms with E-state index in [9.17, 15) is 4.79 Å². The summed E-state index contributed by atoms with van der Waals surface area (Å²) in [6.45, 7) is 1.50. The van der Waals surface area contributed by atoms with Crippen LogP contribution in [0.5, 0.6) is 0 Å². The number of carbonyl (C=O) groups is 1. The highest BCUT2D eigenvalue weighted by atomic mass is 32.1. The quantitative estimate of drug-likeness (QED) is 0.449. The van der Waals surface area contributed by atoms with E-state index in [2.05, 4.69) is 12.1 Å². The summed E-state index contributed by atoms with van der Waals surface area (Å²) in [5, 5.41) is 1.14. The van der Waals surface area contributed by atoms with E-state index in [1.807, 2.05) is 24.3 Å². The van der Waals surface area contributed by atoms with Crippen molar-refractivity contribution >= 4 is 33.2 Å². The van der Waals surface area contributed by atoms with Crippen molar-refractivity contribution in [2.24, 2.45) is 5.92 Å². The molecule has 1 aliphatic rings. The molecule has 2 aromatic carbocycles. The first kappa shape index (κ1) is 19.9. The van der Waals surface area contributed by atoms with Gasteiger partial charge < -0.3 is 15.2 Å². The molecule has 4 rings (SSSR count). The minimum Gasteiger partial charge on any atom is -0.465 e. The average molecular weight is 411 g/mol. The van der Waals surface area contributed by atoms with E-state index in [1.54, 1.807) is 17.4 Å². The number of carbonyl (C=O) groups excluding carboxylic acids is 1. The molecule has 6 heteroatoms. The van der Waals surface area contributed by atoms with Gasteiger partial charge in [-0.05, 0) is 49.3 Å². The number of nitrogen functional groups attached to an aromatic ring is 1. The van der Waals surface area contributed by atoms with Crippen molar-refractivity contribution < 1.29 is 14.3 Å². The molecule has 1 heterocycles. The molecular weight excluding hydrogens is 384 g/mol. The van der Waals surface area contributed by atoms with Crippen molar-refractivity contribution in [3.63, 3.8) is 0 Å². The van der Waals surface area contributed by atoms with Gasteiger partial charge in [-0.15, -0.1) is 11.3 Å². The lowest BCUT2D eigenvalue weighted by atomic mass is 9.83. The molecule has 1 saturated carbocycles. The maximum Gasteiger partial charge on any atom is 0.340 e. The van der Waals surface area contributed by atoms with Crippen LogP contribution in [-0.4, -0.2) is 24.7 Å². The Morgan fingerprint density at radius 2 is 1.93 bits per heavy atom. The number of aromatic nitrogens is 1. The summed E-state index contributed by atoms with van der Waals surface area (Å²) in [5.41, 5.74) is 8.90. The summed E-state index contributed by atoms with van der Waals surface area (Å²) < 4.78 is 11.8. The first-order valence-corrected chi connectivity index (χ1v) is 10.9. The van der Waals surface area contributed by atoms with Crippen LogP contribution in [0.25, 0.3) is 10.2 Å². The van der Waals surface area contributed by atoms with Gasteiger partial charge in [-0.1, -0.05) is 30.3 Å². The van der Waals surface area contributed by atoms with Gasteiger partial charge in [0.25, 0.3) is 0 Å². The van der Waals surface area contributed by atoms with Crippen molar-refractivity contribution in [2.75, 3.05) is 19.5 Å². The number of thiazole rings is 1. The van der Waals surface area contributed by atoms with Crippen LogP contribution in [0.3, 0.4) is 0 Å². The van der Waals surface area contributed by atoms with Gasteiger partial charge in [0.2, 0.25) is 0 Å². The Hall–Kier alpha value is -2.44. The predicted molar refractivity (Wildman–Crippen MR) is 116 cm³/mol. The fourth-order valence-corrected chi connectivity index (χ4v) is 5.13. The standard InChI is InChI=1S/C23H26N2O3S/c1-27-23(26)18-11-20-21(12-19(18)24)29-22(25-20)17-9-7-16(8-10-17)14-28-13-15-5-3-2-4-6-15/h2-6,11-12,16-17H,7-10,13-14,24H2,1H3/t16-,17-. The van der Waals surface area contributed by atoms with E-state index in [0.29, 0.717) is 29.7 Å². The zero-order valence-electron chi connectivity index (χ0n) is 16.6. The second-order valence-electron chi connectivity index (χ2n) is 7.67. The lowest BCUT2D eigenvalue weighted by Gasteiger charge is -2.27. The van der Waals surface area contributed by atoms with Crippen molar-refractivity contribution in [1.82, 2.24) is 4.98 Å². The number of hydrogen-bond donors (Lipinski definition) is 1. The lowest BCUT2D eigenvalue weighted by molar-refractivity contribution is 0.0602. The van der Waals surface area contributed by atoms with Gasteiger partial charge in [0, 0.05) is 18.2 Å². The summed E-state index contributed by atoms with van der Waals surface area (Å²) >= 11 is 1.69. The molecule has 0 aliphatic heterocycles. The highest BCUT2D eigenvalue weighted by Gasteiger charge is 2.25. The molecule has 2 N–H and O–H groups in total. The monoisotopic (exact) mass is 410 g/mol. The smallest absolute Gasteiger partial charge is 0.340 e. The molecule has 0 unspecified atom stereocenters. The number of anilines is 1. The molecule has 1 aromatic heterocycles. The molecule has 0 bridgehead atoms. The van der Waals surface area contributed by atoms with E-state index in [0.717, 1.165) is 47.5 Å². The highest BCUT2D eigenvalue weighted by molar-refractivity contribution is 7.18. The third kappa shape index (κ3) is 4.60. The Bertz CT molecular complexity index is 978. The maximum absolute atomic E-state index is 11.9. The Morgan fingerprint density at radius 3 is 2.66 bits per heavy atom. The van der Waals surface area contributed by atoms with E-state index in [-0.39, 0.29) is 0 Å². The number of benzene rings is 2. The summed E-state index contributed by atoms with van der Waals surface area (Å²) in [5.74, 6) is 0.668. The molecule has 1 fully saturated rings. The van der Waals surface area contributed by atoms with E-state index in [1.165, 1.54) is 12.7 Å². The minimum atomic E-state index is -0.421. The van der Waals surface area contributed by atoms with Crippen LogP contribution < -0.4 is 5.73 Å². The van der Waals surface area contributed by atoms with Crippen LogP contribution in [-0.2, 0) is 16.1 Å².